The smallest absolute Gasteiger partial charge is 0.139 e. The molecule has 1 atom stereocenters. The lowest BCUT2D eigenvalue weighted by Gasteiger charge is -2.30. The van der Waals surface area contributed by atoms with E-state index in [2.05, 4.69) is 30.1 Å². The third kappa shape index (κ3) is 3.83. The molecule has 0 aromatic carbocycles. The molecule has 3 nitrogen and oxygen atoms in total. The summed E-state index contributed by atoms with van der Waals surface area (Å²) in [5.41, 5.74) is 8.88. The summed E-state index contributed by atoms with van der Waals surface area (Å²) in [6.45, 7) is 6.24. The molecular weight excluding hydrogens is 274 g/mol. The van der Waals surface area contributed by atoms with E-state index in [9.17, 15) is 0 Å². The molecule has 0 aliphatic carbocycles. The van der Waals surface area contributed by atoms with Crippen molar-refractivity contribution < 1.29 is 0 Å². The van der Waals surface area contributed by atoms with Crippen LogP contribution < -0.4 is 10.6 Å². The number of rotatable bonds is 6. The lowest BCUT2D eigenvalue weighted by atomic mass is 10.1. The second-order valence-electron chi connectivity index (χ2n) is 4.77. The Kier molecular flexibility index (Phi) is 6.07. The molecule has 0 aliphatic heterocycles. The maximum absolute atomic E-state index is 5.88. The number of aromatic nitrogens is 1. The molecule has 0 saturated heterocycles. The van der Waals surface area contributed by atoms with Gasteiger partial charge in [0.15, 0.2) is 0 Å². The summed E-state index contributed by atoms with van der Waals surface area (Å²) in [4.78, 5) is 7.29. The van der Waals surface area contributed by atoms with E-state index in [1.54, 1.807) is 0 Å². The average molecular weight is 297 g/mol. The van der Waals surface area contributed by atoms with E-state index in [4.69, 9.17) is 18.0 Å². The maximum Gasteiger partial charge on any atom is 0.139 e. The van der Waals surface area contributed by atoms with E-state index in [0.717, 1.165) is 34.8 Å². The molecule has 0 amide bonds. The summed E-state index contributed by atoms with van der Waals surface area (Å²) in [6.07, 6.45) is 3.20. The van der Waals surface area contributed by atoms with Crippen LogP contribution in [0.4, 0.5) is 5.82 Å². The molecule has 2 N–H and O–H groups in total. The fraction of sp³-hybridized carbons (Fsp3) is 0.571. The van der Waals surface area contributed by atoms with Gasteiger partial charge in [-0.15, -0.1) is 0 Å². The van der Waals surface area contributed by atoms with Crippen LogP contribution in [0.15, 0.2) is 6.07 Å². The number of thioether (sulfide) groups is 1. The molecule has 0 aliphatic rings. The van der Waals surface area contributed by atoms with Gasteiger partial charge in [-0.05, 0) is 38.2 Å². The molecule has 106 valence electrons. The van der Waals surface area contributed by atoms with Crippen molar-refractivity contribution >= 4 is 34.8 Å². The van der Waals surface area contributed by atoms with Crippen molar-refractivity contribution in [2.24, 2.45) is 5.73 Å². The quantitative estimate of drug-likeness (QED) is 0.818. The van der Waals surface area contributed by atoms with Crippen LogP contribution in [-0.4, -0.2) is 35.1 Å². The van der Waals surface area contributed by atoms with Crippen LogP contribution in [0.3, 0.4) is 0 Å². The summed E-state index contributed by atoms with van der Waals surface area (Å²) in [5.74, 6) is 1.98. The number of nitrogens with two attached hydrogens (primary N) is 1. The Labute approximate surface area is 126 Å². The van der Waals surface area contributed by atoms with Crippen molar-refractivity contribution in [2.45, 2.75) is 33.2 Å². The molecule has 19 heavy (non-hydrogen) atoms. The molecule has 1 rings (SSSR count). The van der Waals surface area contributed by atoms with Crippen LogP contribution in [-0.2, 0) is 0 Å². The van der Waals surface area contributed by atoms with Gasteiger partial charge >= 0.3 is 0 Å². The molecule has 5 heteroatoms. The highest BCUT2D eigenvalue weighted by atomic mass is 32.2. The Morgan fingerprint density at radius 2 is 2.16 bits per heavy atom. The first-order chi connectivity index (χ1) is 8.92. The number of hydrogen-bond donors (Lipinski definition) is 1. The first-order valence-corrected chi connectivity index (χ1v) is 8.22. The minimum Gasteiger partial charge on any atom is -0.389 e. The summed E-state index contributed by atoms with van der Waals surface area (Å²) >= 11 is 7.04. The zero-order valence-electron chi connectivity index (χ0n) is 12.4. The molecule has 1 unspecified atom stereocenters. The van der Waals surface area contributed by atoms with Crippen molar-refractivity contribution in [2.75, 3.05) is 24.0 Å². The van der Waals surface area contributed by atoms with Crippen molar-refractivity contribution in [3.8, 4) is 0 Å². The van der Waals surface area contributed by atoms with Crippen LogP contribution in [0.2, 0.25) is 0 Å². The zero-order valence-corrected chi connectivity index (χ0v) is 14.0. The predicted octanol–water partition coefficient (Wildman–Crippen LogP) is 2.91. The summed E-state index contributed by atoms with van der Waals surface area (Å²) < 4.78 is 0. The zero-order chi connectivity index (χ0) is 14.6. The van der Waals surface area contributed by atoms with Gasteiger partial charge in [0.25, 0.3) is 0 Å². The minimum atomic E-state index is 0.422. The van der Waals surface area contributed by atoms with E-state index >= 15 is 0 Å². The highest BCUT2D eigenvalue weighted by Gasteiger charge is 2.20. The Hall–Kier alpha value is -0.810. The number of aryl methyl sites for hydroxylation is 2. The highest BCUT2D eigenvalue weighted by Crippen LogP contribution is 2.25. The summed E-state index contributed by atoms with van der Waals surface area (Å²) in [7, 11) is 2.08. The van der Waals surface area contributed by atoms with Crippen molar-refractivity contribution in [3.63, 3.8) is 0 Å². The summed E-state index contributed by atoms with van der Waals surface area (Å²) in [5, 5.41) is 0. The fourth-order valence-electron chi connectivity index (χ4n) is 2.25. The minimum absolute atomic E-state index is 0.422. The van der Waals surface area contributed by atoms with Gasteiger partial charge in [0.2, 0.25) is 0 Å². The molecule has 1 aromatic rings. The molecular formula is C14H23N3S2. The first kappa shape index (κ1) is 16.2. The van der Waals surface area contributed by atoms with E-state index in [-0.39, 0.29) is 0 Å². The van der Waals surface area contributed by atoms with E-state index < -0.39 is 0 Å². The van der Waals surface area contributed by atoms with Gasteiger partial charge in [0.05, 0.1) is 5.56 Å². The molecule has 1 heterocycles. The number of thiocarbonyl (C=S) groups is 1. The molecule has 0 fully saturated rings. The van der Waals surface area contributed by atoms with Crippen LogP contribution in [0.5, 0.6) is 0 Å². The Balaban J connectivity index is 3.27. The number of anilines is 1. The van der Waals surface area contributed by atoms with Crippen LogP contribution in [0, 0.1) is 13.8 Å². The summed E-state index contributed by atoms with van der Waals surface area (Å²) in [6, 6.07) is 2.47. The topological polar surface area (TPSA) is 42.2 Å². The van der Waals surface area contributed by atoms with Crippen molar-refractivity contribution in [1.29, 1.82) is 0 Å². The van der Waals surface area contributed by atoms with Gasteiger partial charge in [-0.3, -0.25) is 0 Å². The molecule has 1 aromatic heterocycles. The Bertz CT molecular complexity index is 460. The fourth-order valence-corrected chi connectivity index (χ4v) is 3.34. The number of nitrogens with zero attached hydrogens (tertiary/aromatic N) is 2. The van der Waals surface area contributed by atoms with Crippen LogP contribution in [0.1, 0.15) is 30.2 Å². The van der Waals surface area contributed by atoms with E-state index in [1.807, 2.05) is 31.7 Å². The van der Waals surface area contributed by atoms with Crippen LogP contribution in [0.25, 0.3) is 0 Å². The third-order valence-corrected chi connectivity index (χ3v) is 4.21. The predicted molar refractivity (Wildman–Crippen MR) is 90.5 cm³/mol. The van der Waals surface area contributed by atoms with Crippen LogP contribution >= 0.6 is 24.0 Å². The normalized spacial score (nSPS) is 12.3. The lowest BCUT2D eigenvalue weighted by Crippen LogP contribution is -2.35. The SMILES string of the molecule is CCC(CSC)N(C)c1nc(C)cc(C)c1C(N)=S. The molecule has 0 saturated carbocycles. The van der Waals surface area contributed by atoms with Gasteiger partial charge in [-0.2, -0.15) is 11.8 Å². The van der Waals surface area contributed by atoms with E-state index in [0.29, 0.717) is 11.0 Å². The second-order valence-corrected chi connectivity index (χ2v) is 6.12. The monoisotopic (exact) mass is 297 g/mol. The molecule has 0 bridgehead atoms. The number of hydrogen-bond acceptors (Lipinski definition) is 4. The van der Waals surface area contributed by atoms with Gasteiger partial charge < -0.3 is 10.6 Å². The Morgan fingerprint density at radius 3 is 2.63 bits per heavy atom. The second kappa shape index (κ2) is 7.10. The van der Waals surface area contributed by atoms with Crippen molar-refractivity contribution in [3.05, 3.63) is 22.9 Å². The molecule has 0 radical (unpaired) electrons. The van der Waals surface area contributed by atoms with Crippen molar-refractivity contribution in [1.82, 2.24) is 4.98 Å². The van der Waals surface area contributed by atoms with Gasteiger partial charge in [0.1, 0.15) is 10.8 Å². The van der Waals surface area contributed by atoms with Gasteiger partial charge in [-0.25, -0.2) is 4.98 Å². The van der Waals surface area contributed by atoms with Gasteiger partial charge in [0, 0.05) is 24.5 Å². The Morgan fingerprint density at radius 1 is 1.53 bits per heavy atom. The molecule has 0 spiro atoms. The lowest BCUT2D eigenvalue weighted by molar-refractivity contribution is 0.664. The standard InChI is InChI=1S/C14H23N3S2/c1-6-11(8-19-5)17(4)14-12(13(15)18)9(2)7-10(3)16-14/h7,11H,6,8H2,1-5H3,(H2,15,18). The first-order valence-electron chi connectivity index (χ1n) is 6.42. The largest absolute Gasteiger partial charge is 0.389 e. The van der Waals surface area contributed by atoms with Gasteiger partial charge in [-0.1, -0.05) is 19.1 Å². The average Bonchev–Trinajstić information content (AvgIpc) is 2.33. The number of pyridine rings is 1. The third-order valence-electron chi connectivity index (χ3n) is 3.28. The maximum atomic E-state index is 5.88. The highest BCUT2D eigenvalue weighted by molar-refractivity contribution is 7.98. The van der Waals surface area contributed by atoms with E-state index in [1.165, 1.54) is 0 Å².